The standard InChI is InChI=1S/C24H26N4O4S/c1-17-15-28(16-18(2)32-17)23-13-10-21(14-25-23)26-24(29)19-8-11-22(12-9-19)33(30,31)27-20-6-4-3-5-7-20/h3-14,17-18,27H,15-16H2,1-2H3,(H,26,29). The third-order valence-corrected chi connectivity index (χ3v) is 6.60. The normalized spacial score (nSPS) is 18.5. The number of nitrogens with zero attached hydrogens (tertiary/aromatic N) is 2. The van der Waals surface area contributed by atoms with Crippen LogP contribution in [0.1, 0.15) is 24.2 Å². The fraction of sp³-hybridized carbons (Fsp3) is 0.250. The minimum atomic E-state index is -3.74. The molecule has 33 heavy (non-hydrogen) atoms. The predicted octanol–water partition coefficient (Wildman–Crippen LogP) is 3.75. The van der Waals surface area contributed by atoms with Gasteiger partial charge in [0.2, 0.25) is 0 Å². The number of sulfonamides is 1. The van der Waals surface area contributed by atoms with Crippen molar-refractivity contribution in [3.8, 4) is 0 Å². The maximum absolute atomic E-state index is 12.6. The Hall–Kier alpha value is -3.43. The number of para-hydroxylation sites is 1. The summed E-state index contributed by atoms with van der Waals surface area (Å²) in [5.41, 5.74) is 1.37. The van der Waals surface area contributed by atoms with Gasteiger partial charge in [-0.1, -0.05) is 18.2 Å². The van der Waals surface area contributed by atoms with Gasteiger partial charge >= 0.3 is 0 Å². The van der Waals surface area contributed by atoms with Gasteiger partial charge in [-0.3, -0.25) is 9.52 Å². The second kappa shape index (κ2) is 9.60. The SMILES string of the molecule is CC1CN(c2ccc(NC(=O)c3ccc(S(=O)(=O)Nc4ccccc4)cc3)cn2)CC(C)O1. The molecule has 8 nitrogen and oxygen atoms in total. The number of nitrogens with one attached hydrogen (secondary N) is 2. The van der Waals surface area contributed by atoms with E-state index < -0.39 is 10.0 Å². The molecule has 1 saturated heterocycles. The largest absolute Gasteiger partial charge is 0.372 e. The monoisotopic (exact) mass is 466 g/mol. The van der Waals surface area contributed by atoms with Gasteiger partial charge in [-0.05, 0) is 62.4 Å². The van der Waals surface area contributed by atoms with Gasteiger partial charge in [0.25, 0.3) is 15.9 Å². The Morgan fingerprint density at radius 1 is 0.939 bits per heavy atom. The van der Waals surface area contributed by atoms with Gasteiger partial charge < -0.3 is 15.0 Å². The number of aromatic nitrogens is 1. The van der Waals surface area contributed by atoms with Crippen LogP contribution in [0.5, 0.6) is 0 Å². The Bertz CT molecular complexity index is 1190. The molecular weight excluding hydrogens is 440 g/mol. The number of hydrogen-bond donors (Lipinski definition) is 2. The van der Waals surface area contributed by atoms with Gasteiger partial charge in [0.1, 0.15) is 5.82 Å². The van der Waals surface area contributed by atoms with Gasteiger partial charge in [0.05, 0.1) is 29.0 Å². The van der Waals surface area contributed by atoms with Gasteiger partial charge in [-0.25, -0.2) is 13.4 Å². The Morgan fingerprint density at radius 3 is 2.21 bits per heavy atom. The molecule has 0 radical (unpaired) electrons. The summed E-state index contributed by atoms with van der Waals surface area (Å²) in [5.74, 6) is 0.480. The molecule has 2 unspecified atom stereocenters. The van der Waals surface area contributed by atoms with E-state index in [2.05, 4.69) is 19.9 Å². The van der Waals surface area contributed by atoms with Gasteiger partial charge in [0.15, 0.2) is 0 Å². The number of anilines is 3. The van der Waals surface area contributed by atoms with E-state index in [1.807, 2.05) is 19.9 Å². The van der Waals surface area contributed by atoms with E-state index in [0.717, 1.165) is 18.9 Å². The summed E-state index contributed by atoms with van der Waals surface area (Å²) in [6.45, 7) is 5.59. The summed E-state index contributed by atoms with van der Waals surface area (Å²) >= 11 is 0. The van der Waals surface area contributed by atoms with Crippen LogP contribution in [-0.2, 0) is 14.8 Å². The number of carbonyl (C=O) groups excluding carboxylic acids is 1. The van der Waals surface area contributed by atoms with E-state index in [0.29, 0.717) is 16.9 Å². The lowest BCUT2D eigenvalue weighted by molar-refractivity contribution is -0.00545. The molecule has 2 aromatic carbocycles. The molecule has 1 fully saturated rings. The fourth-order valence-corrected chi connectivity index (χ4v) is 4.78. The number of carbonyl (C=O) groups is 1. The van der Waals surface area contributed by atoms with Crippen LogP contribution >= 0.6 is 0 Å². The first-order chi connectivity index (χ1) is 15.8. The number of amides is 1. The van der Waals surface area contributed by atoms with Crippen molar-refractivity contribution in [1.82, 2.24) is 4.98 Å². The molecule has 2 N–H and O–H groups in total. The summed E-state index contributed by atoms with van der Waals surface area (Å²) in [6.07, 6.45) is 1.87. The Kier molecular flexibility index (Phi) is 6.62. The Balaban J connectivity index is 1.39. The summed E-state index contributed by atoms with van der Waals surface area (Å²) in [4.78, 5) is 19.3. The molecule has 1 aromatic heterocycles. The number of rotatable bonds is 6. The van der Waals surface area contributed by atoms with Crippen LogP contribution in [-0.4, -0.2) is 44.6 Å². The predicted molar refractivity (Wildman–Crippen MR) is 128 cm³/mol. The molecule has 0 spiro atoms. The maximum atomic E-state index is 12.6. The van der Waals surface area contributed by atoms with Crippen molar-refractivity contribution in [2.24, 2.45) is 0 Å². The summed E-state index contributed by atoms with van der Waals surface area (Å²) in [5, 5.41) is 2.79. The van der Waals surface area contributed by atoms with E-state index in [1.165, 1.54) is 24.3 Å². The number of morpholine rings is 1. The van der Waals surface area contributed by atoms with Crippen molar-refractivity contribution in [1.29, 1.82) is 0 Å². The molecular formula is C24H26N4O4S. The molecule has 0 bridgehead atoms. The highest BCUT2D eigenvalue weighted by Gasteiger charge is 2.23. The van der Waals surface area contributed by atoms with Crippen LogP contribution in [0, 0.1) is 0 Å². The average molecular weight is 467 g/mol. The first-order valence-corrected chi connectivity index (χ1v) is 12.1. The van der Waals surface area contributed by atoms with Crippen LogP contribution in [0.15, 0.2) is 77.8 Å². The number of hydrogen-bond acceptors (Lipinski definition) is 6. The highest BCUT2D eigenvalue weighted by molar-refractivity contribution is 7.92. The Morgan fingerprint density at radius 2 is 1.61 bits per heavy atom. The van der Waals surface area contributed by atoms with Crippen molar-refractivity contribution in [2.75, 3.05) is 28.0 Å². The zero-order chi connectivity index (χ0) is 23.4. The van der Waals surface area contributed by atoms with Crippen LogP contribution in [0.25, 0.3) is 0 Å². The molecule has 1 aliphatic rings. The number of pyridine rings is 1. The molecule has 3 aromatic rings. The molecule has 9 heteroatoms. The number of ether oxygens (including phenoxy) is 1. The topological polar surface area (TPSA) is 101 Å². The van der Waals surface area contributed by atoms with E-state index in [1.54, 1.807) is 42.6 Å². The van der Waals surface area contributed by atoms with E-state index in [9.17, 15) is 13.2 Å². The second-order valence-electron chi connectivity index (χ2n) is 8.02. The molecule has 0 saturated carbocycles. The maximum Gasteiger partial charge on any atom is 0.261 e. The average Bonchev–Trinajstić information content (AvgIpc) is 2.79. The second-order valence-corrected chi connectivity index (χ2v) is 9.70. The molecule has 1 aliphatic heterocycles. The molecule has 2 atom stereocenters. The number of benzene rings is 2. The third kappa shape index (κ3) is 5.68. The van der Waals surface area contributed by atoms with E-state index >= 15 is 0 Å². The Labute approximate surface area is 193 Å². The van der Waals surface area contributed by atoms with Crippen LogP contribution < -0.4 is 14.9 Å². The quantitative estimate of drug-likeness (QED) is 0.574. The molecule has 172 valence electrons. The lowest BCUT2D eigenvalue weighted by Crippen LogP contribution is -2.45. The summed E-state index contributed by atoms with van der Waals surface area (Å²) in [6, 6.07) is 18.1. The first-order valence-electron chi connectivity index (χ1n) is 10.7. The zero-order valence-electron chi connectivity index (χ0n) is 18.4. The first kappa shape index (κ1) is 22.8. The highest BCUT2D eigenvalue weighted by Crippen LogP contribution is 2.21. The van der Waals surface area contributed by atoms with E-state index in [4.69, 9.17) is 4.74 Å². The minimum Gasteiger partial charge on any atom is -0.372 e. The minimum absolute atomic E-state index is 0.0721. The smallest absolute Gasteiger partial charge is 0.261 e. The van der Waals surface area contributed by atoms with Crippen molar-refractivity contribution < 1.29 is 17.9 Å². The lowest BCUT2D eigenvalue weighted by atomic mass is 10.2. The fourth-order valence-electron chi connectivity index (χ4n) is 3.72. The molecule has 2 heterocycles. The van der Waals surface area contributed by atoms with E-state index in [-0.39, 0.29) is 23.0 Å². The summed E-state index contributed by atoms with van der Waals surface area (Å²) < 4.78 is 33.4. The van der Waals surface area contributed by atoms with Gasteiger partial charge in [-0.2, -0.15) is 0 Å². The van der Waals surface area contributed by atoms with Gasteiger partial charge in [0, 0.05) is 24.3 Å². The molecule has 0 aliphatic carbocycles. The lowest BCUT2D eigenvalue weighted by Gasteiger charge is -2.36. The van der Waals surface area contributed by atoms with Crippen LogP contribution in [0.2, 0.25) is 0 Å². The third-order valence-electron chi connectivity index (χ3n) is 5.20. The van der Waals surface area contributed by atoms with Crippen LogP contribution in [0.3, 0.4) is 0 Å². The van der Waals surface area contributed by atoms with Crippen molar-refractivity contribution in [3.05, 3.63) is 78.5 Å². The zero-order valence-corrected chi connectivity index (χ0v) is 19.2. The van der Waals surface area contributed by atoms with Crippen molar-refractivity contribution >= 4 is 33.1 Å². The summed E-state index contributed by atoms with van der Waals surface area (Å²) in [7, 11) is -3.74. The van der Waals surface area contributed by atoms with Crippen LogP contribution in [0.4, 0.5) is 17.2 Å². The highest BCUT2D eigenvalue weighted by atomic mass is 32.2. The van der Waals surface area contributed by atoms with Gasteiger partial charge in [-0.15, -0.1) is 0 Å². The van der Waals surface area contributed by atoms with Crippen molar-refractivity contribution in [2.45, 2.75) is 31.0 Å². The molecule has 1 amide bonds. The van der Waals surface area contributed by atoms with Crippen molar-refractivity contribution in [3.63, 3.8) is 0 Å². The molecule has 4 rings (SSSR count).